The monoisotopic (exact) mass is 171 g/mol. The molecule has 0 aliphatic carbocycles. The number of aromatic amines is 2. The highest BCUT2D eigenvalue weighted by molar-refractivity contribution is 5.80. The number of benzene rings is 1. The van der Waals surface area contributed by atoms with Crippen LogP contribution >= 0.6 is 0 Å². The van der Waals surface area contributed by atoms with E-state index in [-0.39, 0.29) is 0 Å². The molecule has 4 heteroatoms. The normalized spacial score (nSPS) is 11.1. The number of hydrogen-bond acceptors (Lipinski definition) is 2. The van der Waals surface area contributed by atoms with Crippen molar-refractivity contribution in [3.63, 3.8) is 0 Å². The van der Waals surface area contributed by atoms with Crippen molar-refractivity contribution in [2.75, 3.05) is 0 Å². The van der Waals surface area contributed by atoms with Crippen LogP contribution in [0.25, 0.3) is 22.3 Å². The highest BCUT2D eigenvalue weighted by Crippen LogP contribution is 2.10. The molecule has 2 heterocycles. The van der Waals surface area contributed by atoms with Crippen LogP contribution in [0.1, 0.15) is 0 Å². The molecule has 3 aromatic rings. The lowest BCUT2D eigenvalue weighted by molar-refractivity contribution is -0.347. The predicted octanol–water partition coefficient (Wildman–Crippen LogP) is 0.925. The van der Waals surface area contributed by atoms with Crippen LogP contribution in [-0.2, 0) is 0 Å². The Kier molecular flexibility index (Phi) is 1.14. The van der Waals surface area contributed by atoms with Crippen molar-refractivity contribution in [2.45, 2.75) is 0 Å². The van der Waals surface area contributed by atoms with Gasteiger partial charge in [0.15, 0.2) is 11.8 Å². The molecule has 1 aromatic carbocycles. The molecule has 0 saturated heterocycles. The molecule has 2 N–H and O–H groups in total. The maximum Gasteiger partial charge on any atom is 0.320 e. The summed E-state index contributed by atoms with van der Waals surface area (Å²) in [5.41, 5.74) is 3.40. The van der Waals surface area contributed by atoms with Crippen LogP contribution in [0.5, 0.6) is 0 Å². The van der Waals surface area contributed by atoms with E-state index in [1.54, 1.807) is 6.33 Å². The number of hydrogen-bond donors (Lipinski definition) is 1. The number of para-hydroxylation sites is 2. The van der Waals surface area contributed by atoms with Crippen molar-refractivity contribution in [2.24, 2.45) is 0 Å². The van der Waals surface area contributed by atoms with Gasteiger partial charge in [-0.25, -0.2) is 9.97 Å². The Labute approximate surface area is 73.7 Å². The summed E-state index contributed by atoms with van der Waals surface area (Å²) in [6, 6.07) is 7.80. The first-order valence-electron chi connectivity index (χ1n) is 4.05. The zero-order chi connectivity index (χ0) is 8.67. The molecule has 0 amide bonds. The van der Waals surface area contributed by atoms with Crippen molar-refractivity contribution in [3.8, 4) is 0 Å². The highest BCUT2D eigenvalue weighted by atomic mass is 15.0. The van der Waals surface area contributed by atoms with E-state index in [9.17, 15) is 0 Å². The van der Waals surface area contributed by atoms with E-state index in [2.05, 4.69) is 19.9 Å². The van der Waals surface area contributed by atoms with Crippen molar-refractivity contribution < 1.29 is 4.98 Å². The van der Waals surface area contributed by atoms with E-state index in [4.69, 9.17) is 0 Å². The fourth-order valence-electron chi connectivity index (χ4n) is 1.37. The molecule has 0 spiro atoms. The Bertz CT molecular complexity index is 520. The minimum atomic E-state index is 0.790. The lowest BCUT2D eigenvalue weighted by Crippen LogP contribution is -1.98. The van der Waals surface area contributed by atoms with Crippen LogP contribution < -0.4 is 4.98 Å². The van der Waals surface area contributed by atoms with E-state index in [0.29, 0.717) is 0 Å². The van der Waals surface area contributed by atoms with Gasteiger partial charge in [0.1, 0.15) is 5.52 Å². The van der Waals surface area contributed by atoms with Crippen LogP contribution in [0.2, 0.25) is 0 Å². The van der Waals surface area contributed by atoms with Crippen molar-refractivity contribution in [3.05, 3.63) is 30.6 Å². The van der Waals surface area contributed by atoms with Gasteiger partial charge < -0.3 is 0 Å². The molecule has 2 aromatic heterocycles. The smallest absolute Gasteiger partial charge is 0.258 e. The quantitative estimate of drug-likeness (QED) is 0.547. The molecule has 0 fully saturated rings. The van der Waals surface area contributed by atoms with E-state index in [0.717, 1.165) is 22.3 Å². The minimum Gasteiger partial charge on any atom is -0.258 e. The summed E-state index contributed by atoms with van der Waals surface area (Å²) in [7, 11) is 0. The predicted molar refractivity (Wildman–Crippen MR) is 48.0 cm³/mol. The second-order valence-electron chi connectivity index (χ2n) is 2.84. The van der Waals surface area contributed by atoms with Gasteiger partial charge in [-0.05, 0) is 12.1 Å². The topological polar surface area (TPSA) is 55.7 Å². The second-order valence-corrected chi connectivity index (χ2v) is 2.84. The molecule has 4 nitrogen and oxygen atoms in total. The number of rotatable bonds is 0. The number of fused-ring (bicyclic) bond motifs is 2. The third kappa shape index (κ3) is 0.885. The summed E-state index contributed by atoms with van der Waals surface area (Å²) < 4.78 is 0. The average Bonchev–Trinajstić information content (AvgIpc) is 2.61. The van der Waals surface area contributed by atoms with Gasteiger partial charge in [-0.1, -0.05) is 17.1 Å². The molecule has 0 bridgehead atoms. The van der Waals surface area contributed by atoms with Gasteiger partial charge in [0.2, 0.25) is 0 Å². The number of H-pyrrole nitrogens is 2. The average molecular weight is 171 g/mol. The van der Waals surface area contributed by atoms with Gasteiger partial charge in [0.25, 0.3) is 5.65 Å². The van der Waals surface area contributed by atoms with Crippen molar-refractivity contribution in [1.29, 1.82) is 0 Å². The summed E-state index contributed by atoms with van der Waals surface area (Å²) in [6.45, 7) is 0. The number of nitrogens with zero attached hydrogens (tertiary/aromatic N) is 2. The van der Waals surface area contributed by atoms with Gasteiger partial charge in [-0.2, -0.15) is 0 Å². The van der Waals surface area contributed by atoms with Gasteiger partial charge >= 0.3 is 5.65 Å². The number of imidazole rings is 1. The second kappa shape index (κ2) is 2.26. The van der Waals surface area contributed by atoms with Crippen molar-refractivity contribution in [1.82, 2.24) is 15.0 Å². The van der Waals surface area contributed by atoms with Crippen LogP contribution in [0, 0.1) is 0 Å². The first-order chi connectivity index (χ1) is 6.43. The van der Waals surface area contributed by atoms with Crippen molar-refractivity contribution >= 4 is 22.3 Å². The Morgan fingerprint density at radius 2 is 1.85 bits per heavy atom. The first kappa shape index (κ1) is 6.54. The third-order valence-corrected chi connectivity index (χ3v) is 1.99. The molecule has 0 aliphatic rings. The lowest BCUT2D eigenvalue weighted by atomic mass is 10.3. The Morgan fingerprint density at radius 1 is 1.08 bits per heavy atom. The fourth-order valence-corrected chi connectivity index (χ4v) is 1.37. The van der Waals surface area contributed by atoms with Gasteiger partial charge in [-0.3, -0.25) is 4.98 Å². The molecule has 0 radical (unpaired) electrons. The maximum absolute atomic E-state index is 4.39. The molecular weight excluding hydrogens is 164 g/mol. The zero-order valence-electron chi connectivity index (χ0n) is 6.78. The SMILES string of the molecule is c1ccc2nc3[nH+]c[nH]c3nc2c1. The summed E-state index contributed by atoms with van der Waals surface area (Å²) in [4.78, 5) is 14.7. The number of aromatic nitrogens is 4. The Balaban J connectivity index is 2.57. The molecule has 0 atom stereocenters. The lowest BCUT2D eigenvalue weighted by Gasteiger charge is -1.88. The largest absolute Gasteiger partial charge is 0.320 e. The first-order valence-corrected chi connectivity index (χ1v) is 4.05. The fraction of sp³-hybridized carbons (Fsp3) is 0. The Morgan fingerprint density at radius 3 is 2.69 bits per heavy atom. The molecular formula is C9H7N4+. The van der Waals surface area contributed by atoms with Gasteiger partial charge in [0, 0.05) is 0 Å². The van der Waals surface area contributed by atoms with Crippen LogP contribution in [0.3, 0.4) is 0 Å². The van der Waals surface area contributed by atoms with Gasteiger partial charge in [-0.15, -0.1) is 0 Å². The minimum absolute atomic E-state index is 0.790. The highest BCUT2D eigenvalue weighted by Gasteiger charge is 2.07. The van der Waals surface area contributed by atoms with Crippen LogP contribution in [-0.4, -0.2) is 15.0 Å². The summed E-state index contributed by atoms with van der Waals surface area (Å²) in [6.07, 6.45) is 1.73. The molecule has 62 valence electrons. The Hall–Kier alpha value is -1.97. The van der Waals surface area contributed by atoms with E-state index >= 15 is 0 Å². The number of nitrogens with one attached hydrogen (secondary N) is 2. The molecule has 13 heavy (non-hydrogen) atoms. The summed E-state index contributed by atoms with van der Waals surface area (Å²) in [5, 5.41) is 0. The molecule has 0 saturated carbocycles. The van der Waals surface area contributed by atoms with E-state index in [1.807, 2.05) is 24.3 Å². The van der Waals surface area contributed by atoms with Crippen LogP contribution in [0.15, 0.2) is 30.6 Å². The maximum atomic E-state index is 4.39. The third-order valence-electron chi connectivity index (χ3n) is 1.99. The summed E-state index contributed by atoms with van der Waals surface area (Å²) >= 11 is 0. The van der Waals surface area contributed by atoms with E-state index in [1.165, 1.54) is 0 Å². The van der Waals surface area contributed by atoms with Gasteiger partial charge in [0.05, 0.1) is 0 Å². The van der Waals surface area contributed by atoms with E-state index < -0.39 is 0 Å². The molecule has 0 unspecified atom stereocenters. The zero-order valence-corrected chi connectivity index (χ0v) is 6.78. The standard InChI is InChI=1S/C9H6N4/c1-2-4-7-6(3-1)12-8-9(13-7)11-5-10-8/h1-5H,(H,10,11,12,13)/p+1. The molecule has 0 aliphatic heterocycles. The summed E-state index contributed by atoms with van der Waals surface area (Å²) in [5.74, 6) is 0. The van der Waals surface area contributed by atoms with Crippen LogP contribution in [0.4, 0.5) is 0 Å². The molecule has 3 rings (SSSR count).